The predicted octanol–water partition coefficient (Wildman–Crippen LogP) is 5.98. The van der Waals surface area contributed by atoms with Crippen molar-refractivity contribution >= 4 is 11.3 Å². The molecule has 0 radical (unpaired) electrons. The van der Waals surface area contributed by atoms with Crippen molar-refractivity contribution in [1.82, 2.24) is 0 Å². The Hall–Kier alpha value is -1.24. The monoisotopic (exact) mass is 249 g/mol. The summed E-state index contributed by atoms with van der Waals surface area (Å²) in [6.45, 7) is 15.4. The van der Waals surface area contributed by atoms with Crippen LogP contribution < -0.4 is 5.32 Å². The van der Waals surface area contributed by atoms with Crippen molar-refractivity contribution in [2.24, 2.45) is 0 Å². The third-order valence-corrected chi connectivity index (χ3v) is 2.37. The van der Waals surface area contributed by atoms with Gasteiger partial charge in [-0.25, -0.2) is 0 Å². The lowest BCUT2D eigenvalue weighted by molar-refractivity contribution is 1.19. The summed E-state index contributed by atoms with van der Waals surface area (Å²) >= 11 is 0. The summed E-state index contributed by atoms with van der Waals surface area (Å²) in [5.74, 6) is 0. The molecule has 1 heteroatoms. The van der Waals surface area contributed by atoms with Gasteiger partial charge in [-0.3, -0.25) is 0 Å². The molecule has 1 aromatic rings. The number of nitrogens with one attached hydrogen (secondary N) is 1. The fraction of sp³-hybridized carbons (Fsp3) is 0.529. The van der Waals surface area contributed by atoms with E-state index in [1.165, 1.54) is 16.8 Å². The maximum absolute atomic E-state index is 3.38. The van der Waals surface area contributed by atoms with E-state index in [2.05, 4.69) is 56.4 Å². The maximum Gasteiger partial charge on any atom is 0.0416 e. The standard InChI is InChI=1S/C13H19N.2C2H6/c1-4-11(5-2)12-9-7-8-10-13(12)14-6-3;2*1-2/h4,7-10,14H,5-6H2,1-3H3;2*1-2H3/b11-4-;;. The number of rotatable bonds is 4. The van der Waals surface area contributed by atoms with Gasteiger partial charge in [0.05, 0.1) is 0 Å². The minimum absolute atomic E-state index is 0.970. The average Bonchev–Trinajstić information content (AvgIpc) is 2.47. The molecule has 0 aliphatic carbocycles. The largest absolute Gasteiger partial charge is 0.385 e. The van der Waals surface area contributed by atoms with Gasteiger partial charge in [-0.15, -0.1) is 0 Å². The second kappa shape index (κ2) is 13.8. The lowest BCUT2D eigenvalue weighted by atomic mass is 10.0. The van der Waals surface area contributed by atoms with E-state index in [1.807, 2.05) is 27.7 Å². The highest BCUT2D eigenvalue weighted by atomic mass is 14.9. The Morgan fingerprint density at radius 1 is 1.06 bits per heavy atom. The fourth-order valence-electron chi connectivity index (χ4n) is 1.66. The highest BCUT2D eigenvalue weighted by Crippen LogP contribution is 2.25. The molecular formula is C17H31N. The number of hydrogen-bond acceptors (Lipinski definition) is 1. The van der Waals surface area contributed by atoms with Gasteiger partial charge in [-0.2, -0.15) is 0 Å². The molecule has 0 spiro atoms. The average molecular weight is 249 g/mol. The van der Waals surface area contributed by atoms with Crippen molar-refractivity contribution in [2.75, 3.05) is 11.9 Å². The van der Waals surface area contributed by atoms with E-state index < -0.39 is 0 Å². The molecule has 1 aromatic carbocycles. The smallest absolute Gasteiger partial charge is 0.0416 e. The molecule has 104 valence electrons. The minimum Gasteiger partial charge on any atom is -0.385 e. The molecule has 0 bridgehead atoms. The molecular weight excluding hydrogens is 218 g/mol. The van der Waals surface area contributed by atoms with Crippen LogP contribution in [0.4, 0.5) is 5.69 Å². The lowest BCUT2D eigenvalue weighted by Crippen LogP contribution is -1.99. The van der Waals surface area contributed by atoms with E-state index in [0.717, 1.165) is 13.0 Å². The zero-order valence-corrected chi connectivity index (χ0v) is 13.3. The molecule has 0 fully saturated rings. The van der Waals surface area contributed by atoms with Crippen LogP contribution in [0.3, 0.4) is 0 Å². The van der Waals surface area contributed by atoms with Crippen molar-refractivity contribution in [3.63, 3.8) is 0 Å². The summed E-state index contributed by atoms with van der Waals surface area (Å²) in [5, 5.41) is 3.38. The summed E-state index contributed by atoms with van der Waals surface area (Å²) in [4.78, 5) is 0. The van der Waals surface area contributed by atoms with Crippen LogP contribution in [-0.4, -0.2) is 6.54 Å². The fourth-order valence-corrected chi connectivity index (χ4v) is 1.66. The molecule has 0 saturated carbocycles. The quantitative estimate of drug-likeness (QED) is 0.691. The van der Waals surface area contributed by atoms with Crippen LogP contribution in [0.5, 0.6) is 0 Å². The van der Waals surface area contributed by atoms with Gasteiger partial charge >= 0.3 is 0 Å². The number of hydrogen-bond donors (Lipinski definition) is 1. The van der Waals surface area contributed by atoms with E-state index in [9.17, 15) is 0 Å². The zero-order chi connectivity index (χ0) is 14.4. The molecule has 18 heavy (non-hydrogen) atoms. The Labute approximate surface area is 114 Å². The van der Waals surface area contributed by atoms with Crippen LogP contribution in [0.15, 0.2) is 30.3 Å². The first-order chi connectivity index (χ1) is 8.83. The zero-order valence-electron chi connectivity index (χ0n) is 13.3. The van der Waals surface area contributed by atoms with E-state index in [-0.39, 0.29) is 0 Å². The molecule has 1 N–H and O–H groups in total. The van der Waals surface area contributed by atoms with E-state index in [1.54, 1.807) is 0 Å². The molecule has 1 rings (SSSR count). The SMILES string of the molecule is C/C=C(/CC)c1ccccc1NCC.CC.CC. The first kappa shape index (κ1) is 19.1. The van der Waals surface area contributed by atoms with Gasteiger partial charge in [-0.05, 0) is 31.9 Å². The third kappa shape index (κ3) is 6.48. The highest BCUT2D eigenvalue weighted by Gasteiger charge is 2.03. The molecule has 0 amide bonds. The summed E-state index contributed by atoms with van der Waals surface area (Å²) in [7, 11) is 0. The van der Waals surface area contributed by atoms with Gasteiger partial charge in [0.2, 0.25) is 0 Å². The summed E-state index contributed by atoms with van der Waals surface area (Å²) in [6, 6.07) is 8.48. The Kier molecular flexibility index (Phi) is 14.7. The number of allylic oxidation sites excluding steroid dienone is 2. The van der Waals surface area contributed by atoms with Gasteiger partial charge in [0.1, 0.15) is 0 Å². The first-order valence-electron chi connectivity index (χ1n) is 7.31. The van der Waals surface area contributed by atoms with Gasteiger partial charge in [-0.1, -0.05) is 58.9 Å². The molecule has 0 heterocycles. The Morgan fingerprint density at radius 3 is 2.06 bits per heavy atom. The topological polar surface area (TPSA) is 12.0 Å². The Bertz CT molecular complexity index is 313. The summed E-state index contributed by atoms with van der Waals surface area (Å²) in [5.41, 5.74) is 3.98. The number of para-hydroxylation sites is 1. The van der Waals surface area contributed by atoms with Crippen LogP contribution in [0, 0.1) is 0 Å². The Balaban J connectivity index is 0. The summed E-state index contributed by atoms with van der Waals surface area (Å²) < 4.78 is 0. The maximum atomic E-state index is 3.38. The van der Waals surface area contributed by atoms with Crippen LogP contribution in [0.25, 0.3) is 5.57 Å². The third-order valence-electron chi connectivity index (χ3n) is 2.37. The normalized spacial score (nSPS) is 9.61. The van der Waals surface area contributed by atoms with Crippen LogP contribution in [-0.2, 0) is 0 Å². The van der Waals surface area contributed by atoms with Gasteiger partial charge in [0, 0.05) is 17.8 Å². The van der Waals surface area contributed by atoms with E-state index in [4.69, 9.17) is 0 Å². The second-order valence-electron chi connectivity index (χ2n) is 3.24. The van der Waals surface area contributed by atoms with Gasteiger partial charge < -0.3 is 5.32 Å². The molecule has 0 saturated heterocycles. The molecule has 0 atom stereocenters. The molecule has 0 aliphatic heterocycles. The van der Waals surface area contributed by atoms with Crippen LogP contribution in [0.1, 0.15) is 60.5 Å². The number of benzene rings is 1. The minimum atomic E-state index is 0.970. The van der Waals surface area contributed by atoms with Crippen molar-refractivity contribution in [2.45, 2.75) is 54.9 Å². The summed E-state index contributed by atoms with van der Waals surface area (Å²) in [6.07, 6.45) is 3.27. The second-order valence-corrected chi connectivity index (χ2v) is 3.24. The molecule has 1 nitrogen and oxygen atoms in total. The predicted molar refractivity (Wildman–Crippen MR) is 87.2 cm³/mol. The Morgan fingerprint density at radius 2 is 1.61 bits per heavy atom. The van der Waals surface area contributed by atoms with Crippen LogP contribution in [0.2, 0.25) is 0 Å². The van der Waals surface area contributed by atoms with Crippen molar-refractivity contribution in [3.8, 4) is 0 Å². The molecule has 0 unspecified atom stereocenters. The lowest BCUT2D eigenvalue weighted by Gasteiger charge is -2.12. The van der Waals surface area contributed by atoms with Crippen LogP contribution >= 0.6 is 0 Å². The molecule has 0 aliphatic rings. The van der Waals surface area contributed by atoms with E-state index >= 15 is 0 Å². The highest BCUT2D eigenvalue weighted by molar-refractivity contribution is 5.75. The van der Waals surface area contributed by atoms with Gasteiger partial charge in [0.15, 0.2) is 0 Å². The number of anilines is 1. The van der Waals surface area contributed by atoms with Gasteiger partial charge in [0.25, 0.3) is 0 Å². The van der Waals surface area contributed by atoms with Crippen molar-refractivity contribution < 1.29 is 0 Å². The molecule has 0 aromatic heterocycles. The van der Waals surface area contributed by atoms with Crippen molar-refractivity contribution in [3.05, 3.63) is 35.9 Å². The first-order valence-corrected chi connectivity index (χ1v) is 7.31. The van der Waals surface area contributed by atoms with E-state index in [0.29, 0.717) is 0 Å². The van der Waals surface area contributed by atoms with Crippen molar-refractivity contribution in [1.29, 1.82) is 0 Å².